The minimum absolute atomic E-state index is 0.414. The van der Waals surface area contributed by atoms with Gasteiger partial charge in [0, 0.05) is 17.3 Å². The number of benzene rings is 1. The minimum Gasteiger partial charge on any atom is -0.255 e. The van der Waals surface area contributed by atoms with Crippen molar-refractivity contribution in [3.63, 3.8) is 0 Å². The third-order valence-electron chi connectivity index (χ3n) is 2.45. The van der Waals surface area contributed by atoms with Crippen LogP contribution in [-0.4, -0.2) is 30.8 Å². The molecule has 6 nitrogen and oxygen atoms in total. The summed E-state index contributed by atoms with van der Waals surface area (Å²) in [7, 11) is 0. The SMILES string of the molecule is c1ccc(-c2ncccc2-c2nnnnn2)cc1. The van der Waals surface area contributed by atoms with Gasteiger partial charge in [-0.1, -0.05) is 30.3 Å². The molecular weight excluding hydrogens is 228 g/mol. The molecule has 0 unspecified atom stereocenters. The third-order valence-corrected chi connectivity index (χ3v) is 2.45. The molecule has 0 bridgehead atoms. The van der Waals surface area contributed by atoms with E-state index in [1.54, 1.807) is 6.20 Å². The molecule has 18 heavy (non-hydrogen) atoms. The molecule has 0 radical (unpaired) electrons. The van der Waals surface area contributed by atoms with E-state index in [1.807, 2.05) is 42.5 Å². The van der Waals surface area contributed by atoms with Crippen LogP contribution in [0.2, 0.25) is 0 Å². The van der Waals surface area contributed by atoms with E-state index in [2.05, 4.69) is 30.8 Å². The maximum absolute atomic E-state index is 4.37. The summed E-state index contributed by atoms with van der Waals surface area (Å²) in [6.45, 7) is 0. The van der Waals surface area contributed by atoms with Gasteiger partial charge in [-0.3, -0.25) is 4.98 Å². The Hall–Kier alpha value is -2.76. The number of rotatable bonds is 2. The largest absolute Gasteiger partial charge is 0.255 e. The molecule has 6 heteroatoms. The molecular formula is C12H8N6. The van der Waals surface area contributed by atoms with Gasteiger partial charge in [-0.25, -0.2) is 0 Å². The Balaban J connectivity index is 2.18. The molecule has 0 aliphatic rings. The first-order valence-corrected chi connectivity index (χ1v) is 5.35. The summed E-state index contributed by atoms with van der Waals surface area (Å²) >= 11 is 0. The van der Waals surface area contributed by atoms with Crippen molar-refractivity contribution in [1.29, 1.82) is 0 Å². The monoisotopic (exact) mass is 236 g/mol. The first kappa shape index (κ1) is 10.4. The number of pyridine rings is 1. The minimum atomic E-state index is 0.414. The van der Waals surface area contributed by atoms with E-state index in [0.29, 0.717) is 5.82 Å². The topological polar surface area (TPSA) is 77.3 Å². The molecule has 0 N–H and O–H groups in total. The van der Waals surface area contributed by atoms with E-state index in [1.165, 1.54) is 0 Å². The Bertz CT molecular complexity index is 582. The van der Waals surface area contributed by atoms with Crippen molar-refractivity contribution < 1.29 is 0 Å². The Kier molecular flexibility index (Phi) is 2.67. The second-order valence-corrected chi connectivity index (χ2v) is 3.56. The number of aromatic nitrogens is 6. The van der Waals surface area contributed by atoms with Crippen LogP contribution in [0, 0.1) is 0 Å². The summed E-state index contributed by atoms with van der Waals surface area (Å²) in [6, 6.07) is 13.5. The van der Waals surface area contributed by atoms with Gasteiger partial charge in [0.1, 0.15) is 0 Å². The van der Waals surface area contributed by atoms with Crippen molar-refractivity contribution >= 4 is 0 Å². The summed E-state index contributed by atoms with van der Waals surface area (Å²) in [4.78, 5) is 4.37. The van der Waals surface area contributed by atoms with Gasteiger partial charge in [0.2, 0.25) is 5.82 Å². The lowest BCUT2D eigenvalue weighted by Crippen LogP contribution is -2.00. The lowest BCUT2D eigenvalue weighted by molar-refractivity contribution is 0.687. The van der Waals surface area contributed by atoms with Crippen LogP contribution in [0.4, 0.5) is 0 Å². The van der Waals surface area contributed by atoms with Crippen LogP contribution in [0.25, 0.3) is 22.6 Å². The van der Waals surface area contributed by atoms with Gasteiger partial charge >= 0.3 is 0 Å². The lowest BCUT2D eigenvalue weighted by atomic mass is 10.1. The average molecular weight is 236 g/mol. The molecule has 0 aliphatic heterocycles. The average Bonchev–Trinajstić information content (AvgIpc) is 2.49. The van der Waals surface area contributed by atoms with E-state index in [4.69, 9.17) is 0 Å². The summed E-state index contributed by atoms with van der Waals surface area (Å²) in [5.74, 6) is 0.414. The highest BCUT2D eigenvalue weighted by Crippen LogP contribution is 2.26. The molecule has 0 amide bonds. The summed E-state index contributed by atoms with van der Waals surface area (Å²) < 4.78 is 0. The van der Waals surface area contributed by atoms with Crippen LogP contribution in [0.3, 0.4) is 0 Å². The highest BCUT2D eigenvalue weighted by molar-refractivity contribution is 5.76. The molecule has 3 rings (SSSR count). The third kappa shape index (κ3) is 1.91. The lowest BCUT2D eigenvalue weighted by Gasteiger charge is -2.05. The first-order chi connectivity index (χ1) is 8.95. The number of hydrogen-bond donors (Lipinski definition) is 0. The van der Waals surface area contributed by atoms with Gasteiger partial charge in [-0.15, -0.1) is 10.2 Å². The predicted molar refractivity (Wildman–Crippen MR) is 64.1 cm³/mol. The normalized spacial score (nSPS) is 10.2. The van der Waals surface area contributed by atoms with E-state index in [-0.39, 0.29) is 0 Å². The standard InChI is InChI=1S/C12H8N6/c1-2-5-9(6-3-1)11-10(7-4-8-13-11)12-14-16-18-17-15-12/h1-8H. The predicted octanol–water partition coefficient (Wildman–Crippen LogP) is 1.39. The quantitative estimate of drug-likeness (QED) is 0.669. The summed E-state index contributed by atoms with van der Waals surface area (Å²) in [5.41, 5.74) is 2.58. The highest BCUT2D eigenvalue weighted by Gasteiger charge is 2.11. The Morgan fingerprint density at radius 2 is 1.50 bits per heavy atom. The second-order valence-electron chi connectivity index (χ2n) is 3.56. The molecule has 0 fully saturated rings. The molecule has 0 saturated heterocycles. The molecule has 0 atom stereocenters. The molecule has 0 saturated carbocycles. The van der Waals surface area contributed by atoms with E-state index < -0.39 is 0 Å². The molecule has 2 aromatic heterocycles. The smallest absolute Gasteiger partial charge is 0.209 e. The van der Waals surface area contributed by atoms with E-state index in [9.17, 15) is 0 Å². The maximum atomic E-state index is 4.37. The zero-order chi connectivity index (χ0) is 12.2. The fourth-order valence-corrected chi connectivity index (χ4v) is 1.68. The zero-order valence-electron chi connectivity index (χ0n) is 9.30. The van der Waals surface area contributed by atoms with Crippen LogP contribution in [0.5, 0.6) is 0 Å². The van der Waals surface area contributed by atoms with Gasteiger partial charge in [0.05, 0.1) is 5.69 Å². The van der Waals surface area contributed by atoms with E-state index in [0.717, 1.165) is 16.8 Å². The van der Waals surface area contributed by atoms with Gasteiger partial charge in [0.15, 0.2) is 0 Å². The number of hydrogen-bond acceptors (Lipinski definition) is 6. The van der Waals surface area contributed by atoms with Crippen molar-refractivity contribution in [2.24, 2.45) is 0 Å². The second kappa shape index (κ2) is 4.62. The van der Waals surface area contributed by atoms with Crippen molar-refractivity contribution in [3.8, 4) is 22.6 Å². The summed E-state index contributed by atoms with van der Waals surface area (Å²) in [6.07, 6.45) is 1.73. The van der Waals surface area contributed by atoms with E-state index >= 15 is 0 Å². The van der Waals surface area contributed by atoms with Crippen LogP contribution in [0.15, 0.2) is 48.7 Å². The maximum Gasteiger partial charge on any atom is 0.209 e. The highest BCUT2D eigenvalue weighted by atomic mass is 15.5. The van der Waals surface area contributed by atoms with Crippen molar-refractivity contribution in [1.82, 2.24) is 30.8 Å². The van der Waals surface area contributed by atoms with Crippen molar-refractivity contribution in [3.05, 3.63) is 48.7 Å². The van der Waals surface area contributed by atoms with Crippen LogP contribution >= 0.6 is 0 Å². The molecule has 0 aliphatic carbocycles. The fourth-order valence-electron chi connectivity index (χ4n) is 1.68. The molecule has 0 spiro atoms. The molecule has 3 aromatic rings. The molecule has 1 aromatic carbocycles. The van der Waals surface area contributed by atoms with Crippen LogP contribution in [-0.2, 0) is 0 Å². The van der Waals surface area contributed by atoms with Crippen molar-refractivity contribution in [2.75, 3.05) is 0 Å². The first-order valence-electron chi connectivity index (χ1n) is 5.35. The van der Waals surface area contributed by atoms with Crippen molar-refractivity contribution in [2.45, 2.75) is 0 Å². The van der Waals surface area contributed by atoms with Crippen LogP contribution < -0.4 is 0 Å². The Morgan fingerprint density at radius 3 is 2.28 bits per heavy atom. The number of nitrogens with zero attached hydrogens (tertiary/aromatic N) is 6. The Morgan fingerprint density at radius 1 is 0.722 bits per heavy atom. The summed E-state index contributed by atoms with van der Waals surface area (Å²) in [5, 5.41) is 18.0. The van der Waals surface area contributed by atoms with Gasteiger partial charge in [0.25, 0.3) is 0 Å². The van der Waals surface area contributed by atoms with Gasteiger partial charge < -0.3 is 0 Å². The Labute approximate surface area is 103 Å². The zero-order valence-corrected chi connectivity index (χ0v) is 9.30. The van der Waals surface area contributed by atoms with Gasteiger partial charge in [-0.05, 0) is 27.8 Å². The van der Waals surface area contributed by atoms with Crippen LogP contribution in [0.1, 0.15) is 0 Å². The van der Waals surface area contributed by atoms with Gasteiger partial charge in [-0.2, -0.15) is 0 Å². The fraction of sp³-hybridized carbons (Fsp3) is 0. The molecule has 2 heterocycles. The molecule has 86 valence electrons.